The lowest BCUT2D eigenvalue weighted by Gasteiger charge is -2.25. The van der Waals surface area contributed by atoms with E-state index in [9.17, 15) is 0 Å². The zero-order chi connectivity index (χ0) is 21.3. The topological polar surface area (TPSA) is 15.4 Å². The highest BCUT2D eigenvalue weighted by molar-refractivity contribution is 6.07. The minimum Gasteiger partial charge on any atom is -0.261 e. The molecule has 1 aliphatic heterocycles. The van der Waals surface area contributed by atoms with Crippen LogP contribution >= 0.6 is 0 Å². The Labute approximate surface area is 184 Å². The van der Waals surface area contributed by atoms with E-state index in [0.29, 0.717) is 0 Å². The molecule has 0 radical (unpaired) electrons. The predicted octanol–water partition coefficient (Wildman–Crippen LogP) is 6.86. The summed E-state index contributed by atoms with van der Waals surface area (Å²) in [5.41, 5.74) is 6.38. The predicted molar refractivity (Wildman–Crippen MR) is 132 cm³/mol. The maximum absolute atomic E-state index is 4.73. The van der Waals surface area contributed by atoms with E-state index in [1.165, 1.54) is 33.3 Å². The molecule has 1 unspecified atom stereocenters. The molecule has 0 fully saturated rings. The fourth-order valence-electron chi connectivity index (χ4n) is 5.09. The molecular formula is C29H27N2+. The molecule has 0 amide bonds. The SMILES string of the molecule is C[N+]1=C(CC=Nc2ccccc2)C(C)(Cc2ccccc2)c2c1ccc1ccccc21. The fraction of sp³-hybridized carbons (Fsp3) is 0.172. The molecule has 0 bridgehead atoms. The van der Waals surface area contributed by atoms with Gasteiger partial charge in [-0.25, -0.2) is 4.58 Å². The van der Waals surface area contributed by atoms with Gasteiger partial charge in [-0.2, -0.15) is 0 Å². The van der Waals surface area contributed by atoms with Gasteiger partial charge in [-0.05, 0) is 47.9 Å². The van der Waals surface area contributed by atoms with Crippen LogP contribution in [0.1, 0.15) is 24.5 Å². The van der Waals surface area contributed by atoms with E-state index < -0.39 is 0 Å². The van der Waals surface area contributed by atoms with Gasteiger partial charge in [0.15, 0.2) is 5.71 Å². The van der Waals surface area contributed by atoms with Crippen LogP contribution in [-0.2, 0) is 11.8 Å². The van der Waals surface area contributed by atoms with E-state index in [1.54, 1.807) is 0 Å². The zero-order valence-corrected chi connectivity index (χ0v) is 18.1. The van der Waals surface area contributed by atoms with Gasteiger partial charge in [0.25, 0.3) is 0 Å². The van der Waals surface area contributed by atoms with Gasteiger partial charge in [-0.1, -0.05) is 72.8 Å². The van der Waals surface area contributed by atoms with Gasteiger partial charge in [-0.3, -0.25) is 4.99 Å². The van der Waals surface area contributed by atoms with Gasteiger partial charge in [0.2, 0.25) is 5.69 Å². The van der Waals surface area contributed by atoms with Crippen LogP contribution in [0.5, 0.6) is 0 Å². The average molecular weight is 404 g/mol. The summed E-state index contributed by atoms with van der Waals surface area (Å²) in [6.07, 6.45) is 3.85. The first kappa shape index (κ1) is 19.4. The van der Waals surface area contributed by atoms with E-state index >= 15 is 0 Å². The maximum Gasteiger partial charge on any atom is 0.209 e. The fourth-order valence-corrected chi connectivity index (χ4v) is 5.09. The van der Waals surface area contributed by atoms with Crippen LogP contribution in [-0.4, -0.2) is 23.5 Å². The second-order valence-corrected chi connectivity index (χ2v) is 8.53. The third-order valence-electron chi connectivity index (χ3n) is 6.54. The smallest absolute Gasteiger partial charge is 0.209 e. The number of hydrogen-bond donors (Lipinski definition) is 0. The van der Waals surface area contributed by atoms with Gasteiger partial charge in [0, 0.05) is 17.8 Å². The van der Waals surface area contributed by atoms with E-state index in [1.807, 2.05) is 30.3 Å². The molecule has 4 aromatic rings. The van der Waals surface area contributed by atoms with Crippen LogP contribution in [0, 0.1) is 0 Å². The Kier molecular flexibility index (Phi) is 4.99. The second-order valence-electron chi connectivity index (χ2n) is 8.53. The normalized spacial score (nSPS) is 18.1. The lowest BCUT2D eigenvalue weighted by atomic mass is 9.72. The van der Waals surface area contributed by atoms with Crippen LogP contribution in [0.15, 0.2) is 102 Å². The summed E-state index contributed by atoms with van der Waals surface area (Å²) < 4.78 is 2.39. The van der Waals surface area contributed by atoms with Gasteiger partial charge >= 0.3 is 0 Å². The summed E-state index contributed by atoms with van der Waals surface area (Å²) in [5, 5.41) is 2.65. The Morgan fingerprint density at radius 2 is 1.48 bits per heavy atom. The number of fused-ring (bicyclic) bond motifs is 3. The third kappa shape index (κ3) is 3.48. The molecule has 152 valence electrons. The Balaban J connectivity index is 1.62. The molecule has 0 aliphatic carbocycles. The third-order valence-corrected chi connectivity index (χ3v) is 6.54. The second kappa shape index (κ2) is 7.96. The Bertz CT molecular complexity index is 1290. The van der Waals surface area contributed by atoms with Crippen molar-refractivity contribution in [1.82, 2.24) is 0 Å². The highest BCUT2D eigenvalue weighted by atomic mass is 15.0. The van der Waals surface area contributed by atoms with Crippen molar-refractivity contribution in [3.63, 3.8) is 0 Å². The van der Waals surface area contributed by atoms with Crippen LogP contribution in [0.25, 0.3) is 10.8 Å². The molecule has 1 aliphatic rings. The van der Waals surface area contributed by atoms with Crippen LogP contribution in [0.2, 0.25) is 0 Å². The number of rotatable bonds is 5. The molecule has 1 heterocycles. The van der Waals surface area contributed by atoms with Crippen molar-refractivity contribution in [2.24, 2.45) is 4.99 Å². The number of benzene rings is 4. The molecule has 2 heteroatoms. The van der Waals surface area contributed by atoms with Crippen molar-refractivity contribution in [1.29, 1.82) is 0 Å². The molecule has 2 nitrogen and oxygen atoms in total. The first-order valence-electron chi connectivity index (χ1n) is 10.9. The summed E-state index contributed by atoms with van der Waals surface area (Å²) in [5.74, 6) is 0. The Morgan fingerprint density at radius 3 is 2.26 bits per heavy atom. The molecule has 0 saturated heterocycles. The Morgan fingerprint density at radius 1 is 0.806 bits per heavy atom. The number of hydrogen-bond acceptors (Lipinski definition) is 1. The largest absolute Gasteiger partial charge is 0.261 e. The maximum atomic E-state index is 4.73. The van der Waals surface area contributed by atoms with E-state index in [-0.39, 0.29) is 5.41 Å². The molecule has 1 atom stereocenters. The van der Waals surface area contributed by atoms with Crippen molar-refractivity contribution in [3.05, 3.63) is 108 Å². The van der Waals surface area contributed by atoms with E-state index in [2.05, 4.69) is 91.5 Å². The van der Waals surface area contributed by atoms with E-state index in [4.69, 9.17) is 4.99 Å². The molecule has 0 N–H and O–H groups in total. The molecule has 0 aromatic heterocycles. The summed E-state index contributed by atoms with van der Waals surface area (Å²) in [6, 6.07) is 34.3. The molecular weight excluding hydrogens is 376 g/mol. The first-order chi connectivity index (χ1) is 15.2. The van der Waals surface area contributed by atoms with Crippen molar-refractivity contribution >= 4 is 34.1 Å². The van der Waals surface area contributed by atoms with Gasteiger partial charge in [-0.15, -0.1) is 0 Å². The van der Waals surface area contributed by atoms with Crippen molar-refractivity contribution < 1.29 is 4.58 Å². The summed E-state index contributed by atoms with van der Waals surface area (Å²) in [6.45, 7) is 2.40. The van der Waals surface area contributed by atoms with Crippen LogP contribution in [0.3, 0.4) is 0 Å². The summed E-state index contributed by atoms with van der Waals surface area (Å²) in [7, 11) is 2.20. The number of nitrogens with zero attached hydrogens (tertiary/aromatic N) is 2. The summed E-state index contributed by atoms with van der Waals surface area (Å²) in [4.78, 5) is 4.73. The standard InChI is InChI=1S/C29H27N2/c1-29(21-22-11-5-3-6-12-22)27(19-20-30-24-14-7-4-8-15-24)31(2)26-18-17-23-13-9-10-16-25(23)28(26)29/h3-18,20H,19,21H2,1-2H3/q+1. The minimum absolute atomic E-state index is 0.102. The zero-order valence-electron chi connectivity index (χ0n) is 18.1. The number of para-hydroxylation sites is 1. The van der Waals surface area contributed by atoms with Crippen LogP contribution in [0.4, 0.5) is 11.4 Å². The quantitative estimate of drug-likeness (QED) is 0.255. The minimum atomic E-state index is -0.102. The lowest BCUT2D eigenvalue weighted by molar-refractivity contribution is -0.403. The summed E-state index contributed by atoms with van der Waals surface area (Å²) >= 11 is 0. The van der Waals surface area contributed by atoms with Crippen molar-refractivity contribution in [2.75, 3.05) is 7.05 Å². The highest BCUT2D eigenvalue weighted by Crippen LogP contribution is 2.46. The van der Waals surface area contributed by atoms with Gasteiger partial charge in [0.1, 0.15) is 7.05 Å². The van der Waals surface area contributed by atoms with Crippen molar-refractivity contribution in [3.8, 4) is 0 Å². The van der Waals surface area contributed by atoms with Crippen molar-refractivity contribution in [2.45, 2.75) is 25.2 Å². The highest BCUT2D eigenvalue weighted by Gasteiger charge is 2.48. The molecule has 0 spiro atoms. The van der Waals surface area contributed by atoms with E-state index in [0.717, 1.165) is 18.5 Å². The lowest BCUT2D eigenvalue weighted by Crippen LogP contribution is -2.34. The Hall–Kier alpha value is -3.52. The molecule has 5 rings (SSSR count). The van der Waals surface area contributed by atoms with Gasteiger partial charge < -0.3 is 0 Å². The molecule has 31 heavy (non-hydrogen) atoms. The average Bonchev–Trinajstić information content (AvgIpc) is 3.02. The molecule has 0 saturated carbocycles. The first-order valence-corrected chi connectivity index (χ1v) is 10.9. The number of aliphatic imine (C=N–C) groups is 1. The van der Waals surface area contributed by atoms with Crippen LogP contribution < -0.4 is 0 Å². The molecule has 4 aromatic carbocycles. The van der Waals surface area contributed by atoms with Gasteiger partial charge in [0.05, 0.1) is 17.5 Å². The monoisotopic (exact) mass is 403 g/mol.